The van der Waals surface area contributed by atoms with Gasteiger partial charge in [-0.05, 0) is 46.3 Å². The molecule has 2 aromatic rings. The third-order valence-corrected chi connectivity index (χ3v) is 4.50. The van der Waals surface area contributed by atoms with Crippen LogP contribution in [-0.2, 0) is 0 Å². The Labute approximate surface area is 125 Å². The van der Waals surface area contributed by atoms with Gasteiger partial charge in [0.2, 0.25) is 0 Å². The van der Waals surface area contributed by atoms with Crippen LogP contribution < -0.4 is 10.5 Å². The van der Waals surface area contributed by atoms with Gasteiger partial charge in [-0.2, -0.15) is 0 Å². The van der Waals surface area contributed by atoms with Gasteiger partial charge in [0.25, 0.3) is 0 Å². The zero-order chi connectivity index (χ0) is 13.1. The van der Waals surface area contributed by atoms with Crippen LogP contribution in [0.4, 0.5) is 4.39 Å². The van der Waals surface area contributed by atoms with Crippen LogP contribution in [0, 0.1) is 5.82 Å². The first-order valence-corrected chi connectivity index (χ1v) is 7.57. The smallest absolute Gasteiger partial charge is 0.165 e. The van der Waals surface area contributed by atoms with E-state index in [9.17, 15) is 4.39 Å². The summed E-state index contributed by atoms with van der Waals surface area (Å²) in [5, 5.41) is 0. The van der Waals surface area contributed by atoms with E-state index in [0.717, 1.165) is 13.1 Å². The fraction of sp³-hybridized carbons (Fsp3) is 0.167. The van der Waals surface area contributed by atoms with Gasteiger partial charge in [-0.3, -0.25) is 0 Å². The molecule has 18 heavy (non-hydrogen) atoms. The van der Waals surface area contributed by atoms with Crippen molar-refractivity contribution in [3.05, 3.63) is 49.3 Å². The molecule has 2 N–H and O–H groups in total. The molecule has 0 spiro atoms. The molecule has 0 bridgehead atoms. The van der Waals surface area contributed by atoms with Crippen molar-refractivity contribution < 1.29 is 9.13 Å². The minimum Gasteiger partial charge on any atom is -0.480 e. The number of hydrogen-bond acceptors (Lipinski definition) is 3. The van der Waals surface area contributed by atoms with Crippen molar-refractivity contribution in [2.75, 3.05) is 6.54 Å². The molecule has 1 aromatic carbocycles. The number of halogens is 3. The van der Waals surface area contributed by atoms with E-state index in [-0.39, 0.29) is 11.9 Å². The molecule has 0 saturated heterocycles. The molecule has 1 atom stereocenters. The lowest BCUT2D eigenvalue weighted by Gasteiger charge is -2.16. The summed E-state index contributed by atoms with van der Waals surface area (Å²) >= 11 is 8.19. The van der Waals surface area contributed by atoms with Gasteiger partial charge in [-0.25, -0.2) is 4.39 Å². The summed E-state index contributed by atoms with van der Waals surface area (Å²) in [6.45, 7) is 0.291. The fourth-order valence-electron chi connectivity index (χ4n) is 1.44. The van der Waals surface area contributed by atoms with E-state index in [1.54, 1.807) is 12.1 Å². The van der Waals surface area contributed by atoms with E-state index in [0.29, 0.717) is 6.54 Å². The highest BCUT2D eigenvalue weighted by molar-refractivity contribution is 9.11. The van der Waals surface area contributed by atoms with Crippen molar-refractivity contribution in [3.63, 3.8) is 0 Å². The van der Waals surface area contributed by atoms with E-state index in [1.807, 2.05) is 12.1 Å². The number of ether oxygens (including phenoxy) is 1. The van der Waals surface area contributed by atoms with Crippen LogP contribution in [0.2, 0.25) is 0 Å². The van der Waals surface area contributed by atoms with E-state index >= 15 is 0 Å². The molecular formula is C12H10Br2FNOS. The summed E-state index contributed by atoms with van der Waals surface area (Å²) in [4.78, 5) is 0.962. The second-order valence-electron chi connectivity index (χ2n) is 3.56. The Hall–Kier alpha value is -0.430. The molecule has 0 radical (unpaired) electrons. The molecule has 0 saturated carbocycles. The summed E-state index contributed by atoms with van der Waals surface area (Å²) in [7, 11) is 0. The van der Waals surface area contributed by atoms with Crippen LogP contribution in [0.1, 0.15) is 11.0 Å². The Bertz CT molecular complexity index is 547. The number of nitrogens with two attached hydrogens (primary N) is 1. The zero-order valence-corrected chi connectivity index (χ0v) is 13.2. The standard InChI is InChI=1S/C12H10Br2FNOS/c13-7-1-2-8(15)9(5-7)17-10(6-16)11-3-4-12(14)18-11/h1-5,10H,6,16H2. The van der Waals surface area contributed by atoms with Crippen molar-refractivity contribution >= 4 is 43.2 Å². The van der Waals surface area contributed by atoms with E-state index in [1.165, 1.54) is 17.4 Å². The van der Waals surface area contributed by atoms with E-state index in [2.05, 4.69) is 31.9 Å². The molecule has 96 valence electrons. The number of thiophene rings is 1. The Morgan fingerprint density at radius 2 is 2.06 bits per heavy atom. The summed E-state index contributed by atoms with van der Waals surface area (Å²) in [6.07, 6.45) is -0.342. The average molecular weight is 395 g/mol. The van der Waals surface area contributed by atoms with Gasteiger partial charge < -0.3 is 10.5 Å². The summed E-state index contributed by atoms with van der Waals surface area (Å²) in [6, 6.07) is 8.42. The lowest BCUT2D eigenvalue weighted by atomic mass is 10.2. The van der Waals surface area contributed by atoms with Crippen LogP contribution in [-0.4, -0.2) is 6.54 Å². The maximum atomic E-state index is 13.6. The lowest BCUT2D eigenvalue weighted by molar-refractivity contribution is 0.208. The van der Waals surface area contributed by atoms with E-state index in [4.69, 9.17) is 10.5 Å². The second-order valence-corrected chi connectivity index (χ2v) is 6.97. The lowest BCUT2D eigenvalue weighted by Crippen LogP contribution is -2.17. The first-order valence-electron chi connectivity index (χ1n) is 5.17. The highest BCUT2D eigenvalue weighted by Gasteiger charge is 2.16. The number of hydrogen-bond donors (Lipinski definition) is 1. The molecule has 0 aliphatic carbocycles. The second kappa shape index (κ2) is 6.14. The Balaban J connectivity index is 2.22. The maximum Gasteiger partial charge on any atom is 0.165 e. The molecule has 1 aromatic heterocycles. The van der Waals surface area contributed by atoms with Crippen LogP contribution in [0.5, 0.6) is 5.75 Å². The molecule has 0 aliphatic rings. The molecule has 1 heterocycles. The Kier molecular flexibility index (Phi) is 4.77. The van der Waals surface area contributed by atoms with Gasteiger partial charge >= 0.3 is 0 Å². The third-order valence-electron chi connectivity index (χ3n) is 2.29. The largest absolute Gasteiger partial charge is 0.480 e. The molecule has 0 aliphatic heterocycles. The van der Waals surface area contributed by atoms with Crippen molar-refractivity contribution in [2.45, 2.75) is 6.10 Å². The minimum absolute atomic E-state index is 0.198. The molecule has 0 amide bonds. The highest BCUT2D eigenvalue weighted by atomic mass is 79.9. The van der Waals surface area contributed by atoms with Gasteiger partial charge in [0, 0.05) is 15.9 Å². The topological polar surface area (TPSA) is 35.2 Å². The van der Waals surface area contributed by atoms with Gasteiger partial charge in [0.15, 0.2) is 11.6 Å². The third kappa shape index (κ3) is 3.32. The maximum absolute atomic E-state index is 13.6. The Morgan fingerprint density at radius 1 is 1.28 bits per heavy atom. The molecular weight excluding hydrogens is 385 g/mol. The van der Waals surface area contributed by atoms with Crippen LogP contribution in [0.25, 0.3) is 0 Å². The minimum atomic E-state index is -0.396. The van der Waals surface area contributed by atoms with Crippen molar-refractivity contribution in [2.24, 2.45) is 5.73 Å². The average Bonchev–Trinajstić information content (AvgIpc) is 2.77. The number of benzene rings is 1. The van der Waals surface area contributed by atoms with E-state index < -0.39 is 5.82 Å². The molecule has 2 rings (SSSR count). The van der Waals surface area contributed by atoms with Crippen molar-refractivity contribution in [3.8, 4) is 5.75 Å². The van der Waals surface area contributed by atoms with Gasteiger partial charge in [-0.15, -0.1) is 11.3 Å². The molecule has 1 unspecified atom stereocenters. The summed E-state index contributed by atoms with van der Waals surface area (Å²) in [5.41, 5.74) is 5.68. The Morgan fingerprint density at radius 3 is 2.67 bits per heavy atom. The van der Waals surface area contributed by atoms with Crippen molar-refractivity contribution in [1.82, 2.24) is 0 Å². The van der Waals surface area contributed by atoms with Crippen LogP contribution in [0.3, 0.4) is 0 Å². The fourth-order valence-corrected chi connectivity index (χ4v) is 3.25. The van der Waals surface area contributed by atoms with Gasteiger partial charge in [0.05, 0.1) is 3.79 Å². The highest BCUT2D eigenvalue weighted by Crippen LogP contribution is 2.32. The normalized spacial score (nSPS) is 12.4. The first kappa shape index (κ1) is 14.0. The van der Waals surface area contributed by atoms with Gasteiger partial charge in [0.1, 0.15) is 6.10 Å². The van der Waals surface area contributed by atoms with Gasteiger partial charge in [-0.1, -0.05) is 15.9 Å². The summed E-state index contributed by atoms with van der Waals surface area (Å²) < 4.78 is 21.0. The van der Waals surface area contributed by atoms with Crippen LogP contribution in [0.15, 0.2) is 38.6 Å². The quantitative estimate of drug-likeness (QED) is 0.828. The summed E-state index contributed by atoms with van der Waals surface area (Å²) in [5.74, 6) is -0.198. The SMILES string of the molecule is NCC(Oc1cc(Br)ccc1F)c1ccc(Br)s1. The first-order chi connectivity index (χ1) is 8.60. The number of rotatable bonds is 4. The molecule has 2 nitrogen and oxygen atoms in total. The molecule has 0 fully saturated rings. The monoisotopic (exact) mass is 393 g/mol. The molecule has 6 heteroatoms. The predicted molar refractivity (Wildman–Crippen MR) is 78.5 cm³/mol. The predicted octanol–water partition coefficient (Wildman–Crippen LogP) is 4.49. The van der Waals surface area contributed by atoms with Crippen LogP contribution >= 0.6 is 43.2 Å². The van der Waals surface area contributed by atoms with Crippen molar-refractivity contribution in [1.29, 1.82) is 0 Å². The zero-order valence-electron chi connectivity index (χ0n) is 9.20.